The van der Waals surface area contributed by atoms with Crippen LogP contribution in [0.3, 0.4) is 0 Å². The number of rotatable bonds is 7. The zero-order valence-corrected chi connectivity index (χ0v) is 12.5. The number of hydrogen-bond acceptors (Lipinski definition) is 3. The summed E-state index contributed by atoms with van der Waals surface area (Å²) < 4.78 is 1.99. The minimum absolute atomic E-state index is 0.0184. The summed E-state index contributed by atoms with van der Waals surface area (Å²) in [4.78, 5) is 15.9. The smallest absolute Gasteiger partial charge is 0.238 e. The fourth-order valence-electron chi connectivity index (χ4n) is 1.95. The normalized spacial score (nSPS) is 12.1. The van der Waals surface area contributed by atoms with Gasteiger partial charge in [0, 0.05) is 30.7 Å². The van der Waals surface area contributed by atoms with E-state index in [1.54, 1.807) is 12.5 Å². The van der Waals surface area contributed by atoms with E-state index < -0.39 is 0 Å². The molecule has 1 unspecified atom stereocenters. The summed E-state index contributed by atoms with van der Waals surface area (Å²) >= 11 is 0. The van der Waals surface area contributed by atoms with E-state index in [1.807, 2.05) is 35.0 Å². The largest absolute Gasteiger partial charge is 0.333 e. The van der Waals surface area contributed by atoms with Crippen LogP contribution in [0, 0.1) is 0 Å². The second-order valence-corrected chi connectivity index (χ2v) is 5.17. The molecule has 0 saturated heterocycles. The number of benzene rings is 1. The van der Waals surface area contributed by atoms with Gasteiger partial charge < -0.3 is 15.2 Å². The lowest BCUT2D eigenvalue weighted by Crippen LogP contribution is -2.33. The van der Waals surface area contributed by atoms with Gasteiger partial charge in [-0.1, -0.05) is 19.1 Å². The molecule has 5 heteroatoms. The summed E-state index contributed by atoms with van der Waals surface area (Å²) in [6.07, 6.45) is 6.46. The first-order valence-electron chi connectivity index (χ1n) is 7.25. The Morgan fingerprint density at radius 1 is 1.43 bits per heavy atom. The van der Waals surface area contributed by atoms with E-state index in [0.29, 0.717) is 12.6 Å². The molecule has 21 heavy (non-hydrogen) atoms. The Kier molecular flexibility index (Phi) is 5.51. The number of amides is 1. The van der Waals surface area contributed by atoms with Gasteiger partial charge in [0.2, 0.25) is 5.91 Å². The third kappa shape index (κ3) is 5.04. The number of anilines is 1. The molecule has 0 aliphatic carbocycles. The molecule has 5 nitrogen and oxygen atoms in total. The number of nitrogens with one attached hydrogen (secondary N) is 2. The topological polar surface area (TPSA) is 59.0 Å². The Morgan fingerprint density at radius 3 is 3.00 bits per heavy atom. The maximum atomic E-state index is 11.9. The Hall–Kier alpha value is -2.14. The first-order valence-corrected chi connectivity index (χ1v) is 7.25. The van der Waals surface area contributed by atoms with E-state index in [9.17, 15) is 4.79 Å². The van der Waals surface area contributed by atoms with Crippen LogP contribution in [0.1, 0.15) is 25.8 Å². The zero-order valence-electron chi connectivity index (χ0n) is 12.5. The van der Waals surface area contributed by atoms with Crippen molar-refractivity contribution < 1.29 is 4.79 Å². The van der Waals surface area contributed by atoms with E-state index in [2.05, 4.69) is 29.5 Å². The van der Waals surface area contributed by atoms with Gasteiger partial charge in [0.05, 0.1) is 12.9 Å². The van der Waals surface area contributed by atoms with Crippen molar-refractivity contribution >= 4 is 11.6 Å². The number of carbonyl (C=O) groups excluding carboxylic acids is 1. The minimum atomic E-state index is -0.0184. The number of imidazole rings is 1. The monoisotopic (exact) mass is 286 g/mol. The van der Waals surface area contributed by atoms with Gasteiger partial charge in [-0.25, -0.2) is 4.98 Å². The highest BCUT2D eigenvalue weighted by Crippen LogP contribution is 2.11. The first-order chi connectivity index (χ1) is 10.2. The Labute approximate surface area is 125 Å². The van der Waals surface area contributed by atoms with E-state index in [0.717, 1.165) is 24.2 Å². The fraction of sp³-hybridized carbons (Fsp3) is 0.375. The molecule has 2 rings (SSSR count). The van der Waals surface area contributed by atoms with E-state index in [1.165, 1.54) is 0 Å². The molecule has 1 aromatic heterocycles. The number of carbonyl (C=O) groups is 1. The summed E-state index contributed by atoms with van der Waals surface area (Å²) in [6, 6.07) is 8.22. The molecular formula is C16H22N4O. The van der Waals surface area contributed by atoms with Gasteiger partial charge in [0.25, 0.3) is 0 Å². The summed E-state index contributed by atoms with van der Waals surface area (Å²) in [7, 11) is 0. The minimum Gasteiger partial charge on any atom is -0.333 e. The van der Waals surface area contributed by atoms with Crippen molar-refractivity contribution in [3.8, 4) is 0 Å². The van der Waals surface area contributed by atoms with Crippen molar-refractivity contribution in [2.45, 2.75) is 32.9 Å². The number of nitrogens with zero attached hydrogens (tertiary/aromatic N) is 2. The molecule has 0 aliphatic rings. The molecule has 1 heterocycles. The van der Waals surface area contributed by atoms with Gasteiger partial charge in [0.1, 0.15) is 0 Å². The third-order valence-corrected chi connectivity index (χ3v) is 3.36. The van der Waals surface area contributed by atoms with Gasteiger partial charge in [-0.3, -0.25) is 4.79 Å². The summed E-state index contributed by atoms with van der Waals surface area (Å²) in [5.74, 6) is -0.0184. The molecule has 1 aromatic carbocycles. The molecule has 0 spiro atoms. The second-order valence-electron chi connectivity index (χ2n) is 5.17. The van der Waals surface area contributed by atoms with Crippen LogP contribution in [0.2, 0.25) is 0 Å². The van der Waals surface area contributed by atoms with Crippen LogP contribution in [0.15, 0.2) is 43.0 Å². The standard InChI is InChI=1S/C16H22N4O/c1-3-13(2)18-10-16(21)19-15-6-4-5-14(9-15)11-20-8-7-17-12-20/h4-9,12-13,18H,3,10-11H2,1-2H3,(H,19,21). The number of hydrogen-bond donors (Lipinski definition) is 2. The van der Waals surface area contributed by atoms with Crippen molar-refractivity contribution in [2.75, 3.05) is 11.9 Å². The van der Waals surface area contributed by atoms with Crippen LogP contribution < -0.4 is 10.6 Å². The lowest BCUT2D eigenvalue weighted by Gasteiger charge is -2.12. The van der Waals surface area contributed by atoms with E-state index in [4.69, 9.17) is 0 Å². The average molecular weight is 286 g/mol. The van der Waals surface area contributed by atoms with Gasteiger partial charge >= 0.3 is 0 Å². The quantitative estimate of drug-likeness (QED) is 0.821. The molecular weight excluding hydrogens is 264 g/mol. The molecule has 2 aromatic rings. The maximum Gasteiger partial charge on any atom is 0.238 e. The fourth-order valence-corrected chi connectivity index (χ4v) is 1.95. The highest BCUT2D eigenvalue weighted by atomic mass is 16.1. The van der Waals surface area contributed by atoms with Crippen LogP contribution >= 0.6 is 0 Å². The van der Waals surface area contributed by atoms with Crippen LogP contribution in [0.25, 0.3) is 0 Å². The lowest BCUT2D eigenvalue weighted by atomic mass is 10.2. The molecule has 1 amide bonds. The van der Waals surface area contributed by atoms with Crippen molar-refractivity contribution in [3.63, 3.8) is 0 Å². The van der Waals surface area contributed by atoms with E-state index >= 15 is 0 Å². The summed E-state index contributed by atoms with van der Waals surface area (Å²) in [5.41, 5.74) is 1.95. The van der Waals surface area contributed by atoms with Crippen molar-refractivity contribution in [1.82, 2.24) is 14.9 Å². The molecule has 112 valence electrons. The molecule has 1 atom stereocenters. The summed E-state index contributed by atoms with van der Waals surface area (Å²) in [6.45, 7) is 5.24. The number of aromatic nitrogens is 2. The van der Waals surface area contributed by atoms with Crippen LogP contribution in [0.5, 0.6) is 0 Å². The third-order valence-electron chi connectivity index (χ3n) is 3.36. The van der Waals surface area contributed by atoms with Crippen LogP contribution in [0.4, 0.5) is 5.69 Å². The van der Waals surface area contributed by atoms with Gasteiger partial charge in [-0.15, -0.1) is 0 Å². The van der Waals surface area contributed by atoms with Gasteiger partial charge in [-0.05, 0) is 31.0 Å². The Balaban J connectivity index is 1.90. The molecule has 0 bridgehead atoms. The highest BCUT2D eigenvalue weighted by molar-refractivity contribution is 5.92. The van der Waals surface area contributed by atoms with Crippen LogP contribution in [-0.4, -0.2) is 28.0 Å². The SMILES string of the molecule is CCC(C)NCC(=O)Nc1cccc(Cn2ccnc2)c1. The van der Waals surface area contributed by atoms with Gasteiger partial charge in [-0.2, -0.15) is 0 Å². The first kappa shape index (κ1) is 15.3. The highest BCUT2D eigenvalue weighted by Gasteiger charge is 2.05. The van der Waals surface area contributed by atoms with Crippen molar-refractivity contribution in [2.24, 2.45) is 0 Å². The molecule has 0 aliphatic heterocycles. The zero-order chi connectivity index (χ0) is 15.1. The molecule has 2 N–H and O–H groups in total. The Bertz CT molecular complexity index is 565. The predicted octanol–water partition coefficient (Wildman–Crippen LogP) is 2.26. The molecule has 0 fully saturated rings. The Morgan fingerprint density at radius 2 is 2.29 bits per heavy atom. The maximum absolute atomic E-state index is 11.9. The molecule has 0 radical (unpaired) electrons. The molecule has 0 saturated carbocycles. The van der Waals surface area contributed by atoms with E-state index in [-0.39, 0.29) is 5.91 Å². The van der Waals surface area contributed by atoms with Crippen molar-refractivity contribution in [1.29, 1.82) is 0 Å². The average Bonchev–Trinajstić information content (AvgIpc) is 2.98. The van der Waals surface area contributed by atoms with Gasteiger partial charge in [0.15, 0.2) is 0 Å². The lowest BCUT2D eigenvalue weighted by molar-refractivity contribution is -0.115. The van der Waals surface area contributed by atoms with Crippen LogP contribution in [-0.2, 0) is 11.3 Å². The predicted molar refractivity (Wildman–Crippen MR) is 84.2 cm³/mol. The second kappa shape index (κ2) is 7.59. The van der Waals surface area contributed by atoms with Crippen molar-refractivity contribution in [3.05, 3.63) is 48.5 Å². The summed E-state index contributed by atoms with van der Waals surface area (Å²) in [5, 5.41) is 6.09.